The summed E-state index contributed by atoms with van der Waals surface area (Å²) >= 11 is 0. The van der Waals surface area contributed by atoms with Gasteiger partial charge in [0.15, 0.2) is 0 Å². The third-order valence-corrected chi connectivity index (χ3v) is 5.00. The van der Waals surface area contributed by atoms with Gasteiger partial charge in [-0.1, -0.05) is 12.1 Å². The molecule has 0 radical (unpaired) electrons. The zero-order chi connectivity index (χ0) is 20.4. The Morgan fingerprint density at radius 1 is 1.17 bits per heavy atom. The highest BCUT2D eigenvalue weighted by molar-refractivity contribution is 6.21. The summed E-state index contributed by atoms with van der Waals surface area (Å²) in [6.07, 6.45) is 2.02. The van der Waals surface area contributed by atoms with E-state index in [0.29, 0.717) is 42.1 Å². The second-order valence-electron chi connectivity index (χ2n) is 6.94. The number of imide groups is 1. The number of likely N-dealkylation sites (tertiary alicyclic amines) is 1. The molecule has 2 aliphatic rings. The lowest BCUT2D eigenvalue weighted by atomic mass is 10.1. The number of aromatic nitrogens is 1. The molecule has 1 fully saturated rings. The van der Waals surface area contributed by atoms with E-state index in [4.69, 9.17) is 10.00 Å². The highest BCUT2D eigenvalue weighted by Gasteiger charge is 2.35. The highest BCUT2D eigenvalue weighted by atomic mass is 16.5. The number of hydrogen-bond acceptors (Lipinski definition) is 6. The average molecular weight is 390 g/mol. The third kappa shape index (κ3) is 3.67. The molecule has 1 aromatic carbocycles. The highest BCUT2D eigenvalue weighted by Crippen LogP contribution is 2.23. The van der Waals surface area contributed by atoms with E-state index in [1.54, 1.807) is 41.3 Å². The van der Waals surface area contributed by atoms with Gasteiger partial charge in [-0.2, -0.15) is 5.26 Å². The van der Waals surface area contributed by atoms with Crippen LogP contribution in [-0.2, 0) is 4.79 Å². The van der Waals surface area contributed by atoms with Crippen molar-refractivity contribution in [1.29, 1.82) is 5.26 Å². The van der Waals surface area contributed by atoms with E-state index in [1.165, 1.54) is 11.1 Å². The molecular weight excluding hydrogens is 372 g/mol. The van der Waals surface area contributed by atoms with Crippen LogP contribution in [0.1, 0.15) is 39.1 Å². The van der Waals surface area contributed by atoms with Crippen molar-refractivity contribution in [2.45, 2.75) is 18.9 Å². The van der Waals surface area contributed by atoms with Gasteiger partial charge in [-0.3, -0.25) is 19.3 Å². The first kappa shape index (κ1) is 18.6. The molecular formula is C21H18N4O4. The number of rotatable bonds is 6. The van der Waals surface area contributed by atoms with E-state index in [1.807, 2.05) is 6.07 Å². The monoisotopic (exact) mass is 390 g/mol. The van der Waals surface area contributed by atoms with Crippen LogP contribution in [0.4, 0.5) is 0 Å². The summed E-state index contributed by atoms with van der Waals surface area (Å²) in [5.41, 5.74) is 1.30. The molecule has 0 N–H and O–H groups in total. The largest absolute Gasteiger partial charge is 0.471 e. The molecule has 0 atom stereocenters. The maximum atomic E-state index is 12.3. The quantitative estimate of drug-likeness (QED) is 0.695. The summed E-state index contributed by atoms with van der Waals surface area (Å²) in [6.45, 7) is 1.12. The number of nitrogens with zero attached hydrogens (tertiary/aromatic N) is 4. The predicted octanol–water partition coefficient (Wildman–Crippen LogP) is 1.62. The Bertz CT molecular complexity index is 988. The van der Waals surface area contributed by atoms with Crippen LogP contribution in [0.3, 0.4) is 0 Å². The number of hydrogen-bond donors (Lipinski definition) is 0. The summed E-state index contributed by atoms with van der Waals surface area (Å²) < 4.78 is 5.67. The number of fused-ring (bicyclic) bond motifs is 1. The van der Waals surface area contributed by atoms with Crippen LogP contribution in [0.5, 0.6) is 5.88 Å². The van der Waals surface area contributed by atoms with E-state index in [0.717, 1.165) is 0 Å². The first-order valence-electron chi connectivity index (χ1n) is 9.32. The number of pyridine rings is 1. The van der Waals surface area contributed by atoms with Crippen molar-refractivity contribution >= 4 is 17.7 Å². The van der Waals surface area contributed by atoms with Gasteiger partial charge in [0.25, 0.3) is 11.8 Å². The number of amides is 3. The van der Waals surface area contributed by atoms with Crippen LogP contribution < -0.4 is 4.74 Å². The lowest BCUT2D eigenvalue weighted by molar-refractivity contribution is -0.140. The molecule has 8 heteroatoms. The molecule has 29 heavy (non-hydrogen) atoms. The Morgan fingerprint density at radius 3 is 2.52 bits per heavy atom. The fourth-order valence-corrected chi connectivity index (χ4v) is 3.42. The Balaban J connectivity index is 1.21. The summed E-state index contributed by atoms with van der Waals surface area (Å²) in [5.74, 6) is -0.280. The van der Waals surface area contributed by atoms with Crippen molar-refractivity contribution in [3.63, 3.8) is 0 Å². The van der Waals surface area contributed by atoms with Crippen molar-refractivity contribution < 1.29 is 19.1 Å². The second kappa shape index (κ2) is 7.72. The molecule has 2 aliphatic heterocycles. The third-order valence-electron chi connectivity index (χ3n) is 5.00. The molecule has 4 rings (SSSR count). The lowest BCUT2D eigenvalue weighted by Crippen LogP contribution is -2.56. The van der Waals surface area contributed by atoms with E-state index >= 15 is 0 Å². The minimum absolute atomic E-state index is 0.0415. The Morgan fingerprint density at radius 2 is 1.86 bits per heavy atom. The Labute approximate surface area is 167 Å². The fraction of sp³-hybridized carbons (Fsp3) is 0.286. The summed E-state index contributed by atoms with van der Waals surface area (Å²) in [5, 5.41) is 8.90. The van der Waals surface area contributed by atoms with E-state index < -0.39 is 0 Å². The first-order chi connectivity index (χ1) is 14.1. The zero-order valence-corrected chi connectivity index (χ0v) is 15.6. The smallest absolute Gasteiger partial charge is 0.261 e. The summed E-state index contributed by atoms with van der Waals surface area (Å²) in [6, 6.07) is 11.9. The van der Waals surface area contributed by atoms with Gasteiger partial charge < -0.3 is 9.64 Å². The van der Waals surface area contributed by atoms with Crippen molar-refractivity contribution in [3.05, 3.63) is 59.3 Å². The van der Waals surface area contributed by atoms with Gasteiger partial charge in [-0.25, -0.2) is 4.98 Å². The van der Waals surface area contributed by atoms with E-state index in [9.17, 15) is 14.4 Å². The van der Waals surface area contributed by atoms with Gasteiger partial charge in [-0.05, 0) is 24.6 Å². The minimum Gasteiger partial charge on any atom is -0.471 e. The van der Waals surface area contributed by atoms with Crippen LogP contribution in [0.25, 0.3) is 0 Å². The molecule has 0 unspecified atom stereocenters. The molecule has 146 valence electrons. The lowest BCUT2D eigenvalue weighted by Gasteiger charge is -2.38. The van der Waals surface area contributed by atoms with Crippen LogP contribution in [0.2, 0.25) is 0 Å². The normalized spacial score (nSPS) is 15.7. The molecule has 0 aliphatic carbocycles. The zero-order valence-electron chi connectivity index (χ0n) is 15.6. The number of nitriles is 1. The average Bonchev–Trinajstić information content (AvgIpc) is 2.95. The van der Waals surface area contributed by atoms with Crippen LogP contribution in [0.15, 0.2) is 42.6 Å². The number of carbonyl (C=O) groups is 3. The van der Waals surface area contributed by atoms with Crippen molar-refractivity contribution in [2.24, 2.45) is 0 Å². The predicted molar refractivity (Wildman–Crippen MR) is 101 cm³/mol. The summed E-state index contributed by atoms with van der Waals surface area (Å²) in [7, 11) is 0. The fourth-order valence-electron chi connectivity index (χ4n) is 3.42. The maximum absolute atomic E-state index is 12.3. The molecule has 3 heterocycles. The standard InChI is InChI=1S/C21H18N4O4/c22-11-14-7-8-23-18(10-14)29-15-12-24(13-15)19(26)6-3-9-25-20(27)16-4-1-2-5-17(16)21(25)28/h1-2,4-5,7-8,10,15H,3,6,9,12-13H2. The molecule has 0 bridgehead atoms. The first-order valence-corrected chi connectivity index (χ1v) is 9.32. The molecule has 3 amide bonds. The summed E-state index contributed by atoms with van der Waals surface area (Å²) in [4.78, 5) is 43.9. The van der Waals surface area contributed by atoms with Crippen molar-refractivity contribution in [1.82, 2.24) is 14.8 Å². The van der Waals surface area contributed by atoms with Crippen molar-refractivity contribution in [2.75, 3.05) is 19.6 Å². The van der Waals surface area contributed by atoms with E-state index in [2.05, 4.69) is 4.98 Å². The second-order valence-corrected chi connectivity index (χ2v) is 6.94. The van der Waals surface area contributed by atoms with Gasteiger partial charge in [-0.15, -0.1) is 0 Å². The van der Waals surface area contributed by atoms with Gasteiger partial charge >= 0.3 is 0 Å². The van der Waals surface area contributed by atoms with Crippen LogP contribution in [-0.4, -0.2) is 58.2 Å². The topological polar surface area (TPSA) is 104 Å². The molecule has 2 aromatic rings. The molecule has 0 saturated carbocycles. The molecule has 0 spiro atoms. The van der Waals surface area contributed by atoms with E-state index in [-0.39, 0.29) is 36.8 Å². The van der Waals surface area contributed by atoms with Crippen LogP contribution in [0, 0.1) is 11.3 Å². The number of carbonyl (C=O) groups excluding carboxylic acids is 3. The van der Waals surface area contributed by atoms with Gasteiger partial charge in [0, 0.05) is 25.2 Å². The maximum Gasteiger partial charge on any atom is 0.261 e. The van der Waals surface area contributed by atoms with Crippen molar-refractivity contribution in [3.8, 4) is 11.9 Å². The van der Waals surface area contributed by atoms with Gasteiger partial charge in [0.05, 0.1) is 35.8 Å². The number of ether oxygens (including phenoxy) is 1. The Hall–Kier alpha value is -3.73. The van der Waals surface area contributed by atoms with Gasteiger partial charge in [0.2, 0.25) is 11.8 Å². The Kier molecular flexibility index (Phi) is 4.96. The van der Waals surface area contributed by atoms with Crippen LogP contribution >= 0.6 is 0 Å². The molecule has 1 aromatic heterocycles. The molecule has 8 nitrogen and oxygen atoms in total. The SMILES string of the molecule is N#Cc1ccnc(OC2CN(C(=O)CCCN3C(=O)c4ccccc4C3=O)C2)c1. The molecule has 1 saturated heterocycles. The number of benzene rings is 1. The van der Waals surface area contributed by atoms with Gasteiger partial charge in [0.1, 0.15) is 6.10 Å². The minimum atomic E-state index is -0.303.